The molecule has 2 aliphatic rings. The molecule has 1 saturated heterocycles. The summed E-state index contributed by atoms with van der Waals surface area (Å²) < 4.78 is 5.78. The van der Waals surface area contributed by atoms with E-state index in [1.54, 1.807) is 20.1 Å². The Morgan fingerprint density at radius 3 is 2.59 bits per heavy atom. The minimum Gasteiger partial charge on any atom is -0.481 e. The van der Waals surface area contributed by atoms with Gasteiger partial charge in [0.05, 0.1) is 23.5 Å². The lowest BCUT2D eigenvalue weighted by Crippen LogP contribution is -2.36. The van der Waals surface area contributed by atoms with Crippen LogP contribution < -0.4 is 26.2 Å². The van der Waals surface area contributed by atoms with Gasteiger partial charge in [-0.2, -0.15) is 5.10 Å². The number of carbonyl (C=O) groups excluding carboxylic acids is 2. The Labute approximate surface area is 259 Å². The Balaban J connectivity index is 1.29. The number of nitrogens with zero attached hydrogens (tertiary/aromatic N) is 2. The molecule has 0 saturated carbocycles. The topological polar surface area (TPSA) is 138 Å². The first-order valence-electron chi connectivity index (χ1n) is 14.6. The molecule has 6 rings (SSSR count). The number of hydrogen-bond donors (Lipinski definition) is 4. The van der Waals surface area contributed by atoms with E-state index >= 15 is 0 Å². The van der Waals surface area contributed by atoms with Crippen LogP contribution in [0.2, 0.25) is 5.02 Å². The van der Waals surface area contributed by atoms with Gasteiger partial charge in [-0.3, -0.25) is 14.4 Å². The zero-order valence-electron chi connectivity index (χ0n) is 24.7. The summed E-state index contributed by atoms with van der Waals surface area (Å²) in [5, 5.41) is 16.2. The molecule has 1 aliphatic carbocycles. The standard InChI is InChI=1S/C33H33ClN6O4/c1-17-14-24(32(43)40-39-17)31(42)37-25-9-5-6-21(18(25)2)22-7-4-8-23(30(22)34)27-15-19-10-12-26(29(19)33(38-27)44-3)35-16-20-11-13-28(41)36-20/h4-9,14-15,20,26,35H,10-13,16H2,1-3H3,(H,36,41)(H,37,42)(H,40,43)/t20-,26-/m0/s1. The summed E-state index contributed by atoms with van der Waals surface area (Å²) in [6, 6.07) is 15.1. The summed E-state index contributed by atoms with van der Waals surface area (Å²) in [5.41, 5.74) is 6.64. The van der Waals surface area contributed by atoms with E-state index in [4.69, 9.17) is 21.3 Å². The second kappa shape index (κ2) is 12.2. The number of nitrogens with one attached hydrogen (secondary N) is 4. The molecule has 10 nitrogen and oxygen atoms in total. The fourth-order valence-electron chi connectivity index (χ4n) is 6.08. The molecule has 0 spiro atoms. The lowest BCUT2D eigenvalue weighted by molar-refractivity contribution is -0.119. The predicted octanol–water partition coefficient (Wildman–Crippen LogP) is 4.89. The van der Waals surface area contributed by atoms with Gasteiger partial charge in [0, 0.05) is 47.4 Å². The van der Waals surface area contributed by atoms with E-state index in [2.05, 4.69) is 32.2 Å². The van der Waals surface area contributed by atoms with Crippen molar-refractivity contribution >= 4 is 29.1 Å². The Morgan fingerprint density at radius 1 is 1.05 bits per heavy atom. The molecule has 3 heterocycles. The molecule has 2 aromatic heterocycles. The number of H-pyrrole nitrogens is 1. The summed E-state index contributed by atoms with van der Waals surface area (Å²) in [4.78, 5) is 41.7. The van der Waals surface area contributed by atoms with Gasteiger partial charge in [0.2, 0.25) is 11.8 Å². The largest absolute Gasteiger partial charge is 0.481 e. The van der Waals surface area contributed by atoms with Crippen LogP contribution in [0.25, 0.3) is 22.4 Å². The van der Waals surface area contributed by atoms with Gasteiger partial charge in [0.15, 0.2) is 0 Å². The molecular formula is C33H33ClN6O4. The number of rotatable bonds is 8. The van der Waals surface area contributed by atoms with Gasteiger partial charge in [-0.1, -0.05) is 41.9 Å². The van der Waals surface area contributed by atoms with Gasteiger partial charge in [-0.15, -0.1) is 0 Å². The van der Waals surface area contributed by atoms with Crippen LogP contribution in [0.3, 0.4) is 0 Å². The van der Waals surface area contributed by atoms with Crippen molar-refractivity contribution in [1.82, 2.24) is 25.8 Å². The third-order valence-electron chi connectivity index (χ3n) is 8.37. The maximum Gasteiger partial charge on any atom is 0.277 e. The number of carbonyl (C=O) groups is 2. The minimum atomic E-state index is -0.556. The second-order valence-electron chi connectivity index (χ2n) is 11.2. The van der Waals surface area contributed by atoms with E-state index in [0.717, 1.165) is 52.6 Å². The summed E-state index contributed by atoms with van der Waals surface area (Å²) >= 11 is 7.08. The van der Waals surface area contributed by atoms with Gasteiger partial charge in [0.25, 0.3) is 11.5 Å². The van der Waals surface area contributed by atoms with Crippen molar-refractivity contribution in [3.05, 3.63) is 91.9 Å². The molecule has 2 atom stereocenters. The van der Waals surface area contributed by atoms with Gasteiger partial charge in [0.1, 0.15) is 5.56 Å². The van der Waals surface area contributed by atoms with Crippen LogP contribution in [0.15, 0.2) is 53.3 Å². The Hall–Kier alpha value is -4.54. The number of methoxy groups -OCH3 is 1. The molecule has 11 heteroatoms. The molecule has 2 aromatic carbocycles. The van der Waals surface area contributed by atoms with E-state index in [9.17, 15) is 14.4 Å². The van der Waals surface area contributed by atoms with Gasteiger partial charge < -0.3 is 20.7 Å². The van der Waals surface area contributed by atoms with Crippen molar-refractivity contribution in [2.24, 2.45) is 0 Å². The van der Waals surface area contributed by atoms with Crippen molar-refractivity contribution in [2.75, 3.05) is 19.0 Å². The molecule has 0 unspecified atom stereocenters. The number of aromatic amines is 1. The number of fused-ring (bicyclic) bond motifs is 1. The number of halogens is 1. The minimum absolute atomic E-state index is 0.0123. The number of aryl methyl sites for hydroxylation is 2. The summed E-state index contributed by atoms with van der Waals surface area (Å²) in [5.74, 6) is 0.147. The maximum absolute atomic E-state index is 13.0. The smallest absolute Gasteiger partial charge is 0.277 e. The van der Waals surface area contributed by atoms with Crippen molar-refractivity contribution in [3.8, 4) is 28.3 Å². The number of pyridine rings is 1. The molecule has 44 heavy (non-hydrogen) atoms. The first-order chi connectivity index (χ1) is 21.2. The van der Waals surface area contributed by atoms with Crippen LogP contribution in [0.4, 0.5) is 5.69 Å². The molecule has 4 aromatic rings. The summed E-state index contributed by atoms with van der Waals surface area (Å²) in [6.45, 7) is 4.30. The van der Waals surface area contributed by atoms with Gasteiger partial charge in [-0.25, -0.2) is 10.1 Å². The highest BCUT2D eigenvalue weighted by molar-refractivity contribution is 6.36. The van der Waals surface area contributed by atoms with E-state index in [-0.39, 0.29) is 23.6 Å². The lowest BCUT2D eigenvalue weighted by atomic mass is 9.96. The molecule has 226 valence electrons. The average Bonchev–Trinajstić information content (AvgIpc) is 3.63. The number of anilines is 1. The average molecular weight is 613 g/mol. The maximum atomic E-state index is 13.0. The molecule has 0 radical (unpaired) electrons. The number of benzene rings is 2. The fraction of sp³-hybridized carbons (Fsp3) is 0.303. The quantitative estimate of drug-likeness (QED) is 0.222. The van der Waals surface area contributed by atoms with Crippen LogP contribution >= 0.6 is 11.6 Å². The molecule has 4 N–H and O–H groups in total. The van der Waals surface area contributed by atoms with Gasteiger partial charge >= 0.3 is 0 Å². The van der Waals surface area contributed by atoms with E-state index < -0.39 is 11.5 Å². The van der Waals surface area contributed by atoms with Crippen LogP contribution in [0, 0.1) is 13.8 Å². The van der Waals surface area contributed by atoms with Crippen LogP contribution in [0.5, 0.6) is 5.88 Å². The number of ether oxygens (including phenoxy) is 1. The Bertz CT molecular complexity index is 1840. The number of hydrogen-bond acceptors (Lipinski definition) is 7. The Kier molecular flexibility index (Phi) is 8.20. The van der Waals surface area contributed by atoms with Crippen molar-refractivity contribution in [3.63, 3.8) is 0 Å². The van der Waals surface area contributed by atoms with Crippen molar-refractivity contribution < 1.29 is 14.3 Å². The Morgan fingerprint density at radius 2 is 1.82 bits per heavy atom. The van der Waals surface area contributed by atoms with Crippen molar-refractivity contribution in [2.45, 2.75) is 51.6 Å². The third-order valence-corrected chi connectivity index (χ3v) is 8.78. The lowest BCUT2D eigenvalue weighted by Gasteiger charge is -2.20. The molecule has 2 amide bonds. The first kappa shape index (κ1) is 29.5. The molecule has 1 aliphatic heterocycles. The molecular weight excluding hydrogens is 580 g/mol. The number of aromatic nitrogens is 3. The molecule has 1 fully saturated rings. The normalized spacial score (nSPS) is 17.3. The summed E-state index contributed by atoms with van der Waals surface area (Å²) in [6.07, 6.45) is 3.20. The van der Waals surface area contributed by atoms with Gasteiger partial charge in [-0.05, 0) is 68.0 Å². The van der Waals surface area contributed by atoms with Crippen LogP contribution in [0.1, 0.15) is 58.0 Å². The van der Waals surface area contributed by atoms with E-state index in [0.29, 0.717) is 40.9 Å². The fourth-order valence-corrected chi connectivity index (χ4v) is 6.41. The predicted molar refractivity (Wildman–Crippen MR) is 169 cm³/mol. The van der Waals surface area contributed by atoms with Crippen LogP contribution in [-0.4, -0.2) is 46.7 Å². The monoisotopic (exact) mass is 612 g/mol. The highest BCUT2D eigenvalue weighted by Gasteiger charge is 2.30. The van der Waals surface area contributed by atoms with E-state index in [1.807, 2.05) is 37.3 Å². The second-order valence-corrected chi connectivity index (χ2v) is 11.6. The highest BCUT2D eigenvalue weighted by Crippen LogP contribution is 2.43. The zero-order valence-corrected chi connectivity index (χ0v) is 25.5. The van der Waals surface area contributed by atoms with Crippen molar-refractivity contribution in [1.29, 1.82) is 0 Å². The zero-order chi connectivity index (χ0) is 31.0. The SMILES string of the molecule is COc1nc(-c2cccc(-c3cccc(NC(=O)c4cc(C)n[nH]c4=O)c3C)c2Cl)cc2c1[C@@H](NC[C@@H]1CCC(=O)N1)CC2. The summed E-state index contributed by atoms with van der Waals surface area (Å²) in [7, 11) is 1.63. The first-order valence-corrected chi connectivity index (χ1v) is 15.0. The third kappa shape index (κ3) is 5.70. The van der Waals surface area contributed by atoms with Crippen LogP contribution in [-0.2, 0) is 11.2 Å². The number of amides is 2. The van der Waals surface area contributed by atoms with E-state index in [1.165, 1.54) is 6.07 Å². The molecule has 0 bridgehead atoms. The highest BCUT2D eigenvalue weighted by atomic mass is 35.5.